The Bertz CT molecular complexity index is 669. The average molecular weight is 262 g/mol. The number of nitrogens with zero attached hydrogens (tertiary/aromatic N) is 1. The molecular formula is C18H18N2. The van der Waals surface area contributed by atoms with E-state index in [9.17, 15) is 5.26 Å². The molecule has 0 aromatic heterocycles. The molecular weight excluding hydrogens is 244 g/mol. The molecule has 100 valence electrons. The van der Waals surface area contributed by atoms with Gasteiger partial charge in [-0.25, -0.2) is 0 Å². The molecule has 3 rings (SSSR count). The predicted molar refractivity (Wildman–Crippen MR) is 81.6 cm³/mol. The van der Waals surface area contributed by atoms with Gasteiger partial charge in [0.2, 0.25) is 0 Å². The number of benzene rings is 2. The van der Waals surface area contributed by atoms with Gasteiger partial charge in [-0.1, -0.05) is 48.0 Å². The molecule has 1 atom stereocenters. The zero-order valence-corrected chi connectivity index (χ0v) is 11.7. The van der Waals surface area contributed by atoms with Gasteiger partial charge in [-0.3, -0.25) is 0 Å². The Hall–Kier alpha value is -2.27. The standard InChI is InChI=1S/C18H18N2/c1-14-5-4-6-15(9-14)10-18(12-19)11-16-7-2-3-8-17(16)20-13-18/h2-9,20H,10-11,13H2,1H3/t18-/m1/s1. The van der Waals surface area contributed by atoms with Crippen LogP contribution >= 0.6 is 0 Å². The van der Waals surface area contributed by atoms with E-state index in [1.807, 2.05) is 12.1 Å². The maximum Gasteiger partial charge on any atom is 0.0826 e. The summed E-state index contributed by atoms with van der Waals surface area (Å²) in [5.74, 6) is 0. The Balaban J connectivity index is 1.89. The number of para-hydroxylation sites is 1. The third-order valence-electron chi connectivity index (χ3n) is 4.03. The quantitative estimate of drug-likeness (QED) is 0.895. The van der Waals surface area contributed by atoms with E-state index in [1.165, 1.54) is 22.4 Å². The summed E-state index contributed by atoms with van der Waals surface area (Å²) in [5.41, 5.74) is 4.56. The summed E-state index contributed by atoms with van der Waals surface area (Å²) in [7, 11) is 0. The number of anilines is 1. The second-order valence-corrected chi connectivity index (χ2v) is 5.75. The number of rotatable bonds is 2. The molecule has 1 aliphatic rings. The Morgan fingerprint density at radius 3 is 2.85 bits per heavy atom. The molecule has 2 nitrogen and oxygen atoms in total. The van der Waals surface area contributed by atoms with Gasteiger partial charge in [-0.05, 0) is 37.0 Å². The third kappa shape index (κ3) is 2.40. The van der Waals surface area contributed by atoms with E-state index in [2.05, 4.69) is 54.7 Å². The molecule has 0 spiro atoms. The van der Waals surface area contributed by atoms with Crippen LogP contribution in [0.15, 0.2) is 48.5 Å². The van der Waals surface area contributed by atoms with E-state index in [4.69, 9.17) is 0 Å². The first kappa shape index (κ1) is 12.7. The van der Waals surface area contributed by atoms with E-state index in [0.29, 0.717) is 6.54 Å². The first-order valence-corrected chi connectivity index (χ1v) is 6.99. The molecule has 2 aromatic carbocycles. The van der Waals surface area contributed by atoms with Crippen molar-refractivity contribution >= 4 is 5.69 Å². The summed E-state index contributed by atoms with van der Waals surface area (Å²) in [4.78, 5) is 0. The highest BCUT2D eigenvalue weighted by Gasteiger charge is 2.34. The van der Waals surface area contributed by atoms with Crippen molar-refractivity contribution in [2.45, 2.75) is 19.8 Å². The van der Waals surface area contributed by atoms with Crippen LogP contribution in [0.2, 0.25) is 0 Å². The third-order valence-corrected chi connectivity index (χ3v) is 4.03. The van der Waals surface area contributed by atoms with Crippen LogP contribution < -0.4 is 5.32 Å². The molecule has 0 saturated heterocycles. The van der Waals surface area contributed by atoms with Crippen molar-refractivity contribution in [2.75, 3.05) is 11.9 Å². The van der Waals surface area contributed by atoms with Crippen LogP contribution in [0, 0.1) is 23.7 Å². The Morgan fingerprint density at radius 2 is 2.05 bits per heavy atom. The minimum absolute atomic E-state index is 0.345. The van der Waals surface area contributed by atoms with Crippen LogP contribution in [-0.4, -0.2) is 6.54 Å². The van der Waals surface area contributed by atoms with E-state index in [0.717, 1.165) is 12.8 Å². The normalized spacial score (nSPS) is 20.6. The van der Waals surface area contributed by atoms with Gasteiger partial charge in [0.25, 0.3) is 0 Å². The lowest BCUT2D eigenvalue weighted by Crippen LogP contribution is -2.36. The van der Waals surface area contributed by atoms with Crippen molar-refractivity contribution in [3.05, 3.63) is 65.2 Å². The monoisotopic (exact) mass is 262 g/mol. The SMILES string of the molecule is Cc1cccc(C[C@@]2(C#N)CNc3ccccc3C2)c1. The van der Waals surface area contributed by atoms with Gasteiger partial charge < -0.3 is 5.32 Å². The van der Waals surface area contributed by atoms with Gasteiger partial charge in [-0.2, -0.15) is 5.26 Å². The molecule has 0 amide bonds. The number of hydrogen-bond acceptors (Lipinski definition) is 2. The number of aryl methyl sites for hydroxylation is 1. The fourth-order valence-electron chi connectivity index (χ4n) is 2.99. The Labute approximate surface area is 120 Å². The van der Waals surface area contributed by atoms with Crippen LogP contribution in [0.3, 0.4) is 0 Å². The lowest BCUT2D eigenvalue weighted by Gasteiger charge is -2.33. The molecule has 0 radical (unpaired) electrons. The maximum absolute atomic E-state index is 9.71. The minimum Gasteiger partial charge on any atom is -0.383 e. The van der Waals surface area contributed by atoms with Crippen LogP contribution in [0.4, 0.5) is 5.69 Å². The summed E-state index contributed by atoms with van der Waals surface area (Å²) < 4.78 is 0. The van der Waals surface area contributed by atoms with Crippen molar-refractivity contribution in [2.24, 2.45) is 5.41 Å². The summed E-state index contributed by atoms with van der Waals surface area (Å²) in [6.07, 6.45) is 1.62. The van der Waals surface area contributed by atoms with Crippen LogP contribution in [0.5, 0.6) is 0 Å². The number of hydrogen-bond donors (Lipinski definition) is 1. The molecule has 2 heteroatoms. The van der Waals surface area contributed by atoms with Crippen molar-refractivity contribution in [3.8, 4) is 6.07 Å². The summed E-state index contributed by atoms with van der Waals surface area (Å²) in [6, 6.07) is 19.3. The lowest BCUT2D eigenvalue weighted by atomic mass is 9.75. The van der Waals surface area contributed by atoms with E-state index in [1.54, 1.807) is 0 Å². The van der Waals surface area contributed by atoms with Crippen LogP contribution in [0.1, 0.15) is 16.7 Å². The molecule has 20 heavy (non-hydrogen) atoms. The average Bonchev–Trinajstić information content (AvgIpc) is 2.47. The largest absolute Gasteiger partial charge is 0.383 e. The number of nitrogens with one attached hydrogen (secondary N) is 1. The first-order chi connectivity index (χ1) is 9.71. The topological polar surface area (TPSA) is 35.8 Å². The highest BCUT2D eigenvalue weighted by molar-refractivity contribution is 5.55. The fourth-order valence-corrected chi connectivity index (χ4v) is 2.99. The Morgan fingerprint density at radius 1 is 1.20 bits per heavy atom. The molecule has 0 aliphatic carbocycles. The van der Waals surface area contributed by atoms with Crippen molar-refractivity contribution in [1.82, 2.24) is 0 Å². The maximum atomic E-state index is 9.71. The van der Waals surface area contributed by atoms with Gasteiger partial charge in [0.05, 0.1) is 11.5 Å². The highest BCUT2D eigenvalue weighted by atomic mass is 14.9. The summed E-state index contributed by atoms with van der Waals surface area (Å²) >= 11 is 0. The van der Waals surface area contributed by atoms with Gasteiger partial charge in [0.15, 0.2) is 0 Å². The molecule has 2 aromatic rings. The van der Waals surface area contributed by atoms with E-state index in [-0.39, 0.29) is 5.41 Å². The van der Waals surface area contributed by atoms with E-state index >= 15 is 0 Å². The van der Waals surface area contributed by atoms with Crippen molar-refractivity contribution in [1.29, 1.82) is 5.26 Å². The zero-order valence-electron chi connectivity index (χ0n) is 11.7. The highest BCUT2D eigenvalue weighted by Crippen LogP contribution is 2.35. The van der Waals surface area contributed by atoms with Gasteiger partial charge in [0, 0.05) is 12.2 Å². The zero-order chi connectivity index (χ0) is 14.0. The van der Waals surface area contributed by atoms with Gasteiger partial charge in [-0.15, -0.1) is 0 Å². The first-order valence-electron chi connectivity index (χ1n) is 6.99. The lowest BCUT2D eigenvalue weighted by molar-refractivity contribution is 0.404. The number of fused-ring (bicyclic) bond motifs is 1. The smallest absolute Gasteiger partial charge is 0.0826 e. The molecule has 1 aliphatic heterocycles. The molecule has 0 unspecified atom stereocenters. The minimum atomic E-state index is -0.345. The second-order valence-electron chi connectivity index (χ2n) is 5.75. The fraction of sp³-hybridized carbons (Fsp3) is 0.278. The molecule has 0 saturated carbocycles. The van der Waals surface area contributed by atoms with E-state index < -0.39 is 0 Å². The second kappa shape index (κ2) is 5.02. The number of nitriles is 1. The summed E-state index contributed by atoms with van der Waals surface area (Å²) in [5, 5.41) is 13.1. The van der Waals surface area contributed by atoms with Gasteiger partial charge >= 0.3 is 0 Å². The predicted octanol–water partition coefficient (Wildman–Crippen LogP) is 3.72. The van der Waals surface area contributed by atoms with Crippen molar-refractivity contribution < 1.29 is 0 Å². The van der Waals surface area contributed by atoms with Gasteiger partial charge in [0.1, 0.15) is 0 Å². The molecule has 1 N–H and O–H groups in total. The van der Waals surface area contributed by atoms with Crippen molar-refractivity contribution in [3.63, 3.8) is 0 Å². The Kier molecular flexibility index (Phi) is 3.20. The van der Waals surface area contributed by atoms with Crippen LogP contribution in [-0.2, 0) is 12.8 Å². The molecule has 0 bridgehead atoms. The van der Waals surface area contributed by atoms with Crippen LogP contribution in [0.25, 0.3) is 0 Å². The summed E-state index contributed by atoms with van der Waals surface area (Å²) in [6.45, 7) is 2.81. The molecule has 0 fully saturated rings. The molecule has 1 heterocycles.